The van der Waals surface area contributed by atoms with E-state index < -0.39 is 0 Å². The van der Waals surface area contributed by atoms with Crippen LogP contribution in [-0.4, -0.2) is 45.1 Å². The van der Waals surface area contributed by atoms with Crippen LogP contribution in [0.25, 0.3) is 27.7 Å². The molecule has 0 saturated carbocycles. The van der Waals surface area contributed by atoms with Gasteiger partial charge in [-0.2, -0.15) is 0 Å². The first-order chi connectivity index (χ1) is 13.5. The Morgan fingerprint density at radius 3 is 2.64 bits per heavy atom. The fraction of sp³-hybridized carbons (Fsp3) is 0.261. The largest absolute Gasteiger partial charge is 0.496 e. The topological polar surface area (TPSA) is 54.7 Å². The fourth-order valence-electron chi connectivity index (χ4n) is 3.10. The standard InChI is InChI=1S/C23H26N2O3/c1-16(12-23(26)24-10-11-25(2)3)18-13-19-20(17-8-6-5-7-9-17)15-28-22(19)14-21(18)27-4/h5-9,12-15H,10-11H2,1-4H3,(H,24,26)/b16-12+. The number of rotatable bonds is 7. The number of amides is 1. The molecular formula is C23H26N2O3. The van der Waals surface area contributed by atoms with Gasteiger partial charge < -0.3 is 19.4 Å². The number of carbonyl (C=O) groups is 1. The van der Waals surface area contributed by atoms with Crippen molar-refractivity contribution in [2.24, 2.45) is 0 Å². The lowest BCUT2D eigenvalue weighted by Gasteiger charge is -2.11. The van der Waals surface area contributed by atoms with Gasteiger partial charge in [0.25, 0.3) is 0 Å². The fourth-order valence-corrected chi connectivity index (χ4v) is 3.10. The van der Waals surface area contributed by atoms with Crippen LogP contribution in [0.15, 0.2) is 59.2 Å². The van der Waals surface area contributed by atoms with Gasteiger partial charge in [0.15, 0.2) is 0 Å². The van der Waals surface area contributed by atoms with Crippen LogP contribution < -0.4 is 10.1 Å². The third kappa shape index (κ3) is 4.43. The van der Waals surface area contributed by atoms with E-state index >= 15 is 0 Å². The van der Waals surface area contributed by atoms with E-state index in [4.69, 9.17) is 9.15 Å². The summed E-state index contributed by atoms with van der Waals surface area (Å²) in [5.41, 5.74) is 4.56. The van der Waals surface area contributed by atoms with E-state index in [-0.39, 0.29) is 5.91 Å². The van der Waals surface area contributed by atoms with E-state index in [1.54, 1.807) is 19.4 Å². The monoisotopic (exact) mass is 378 g/mol. The Bertz CT molecular complexity index is 988. The molecule has 1 heterocycles. The molecule has 0 aliphatic carbocycles. The average Bonchev–Trinajstić information content (AvgIpc) is 3.10. The third-order valence-electron chi connectivity index (χ3n) is 4.61. The minimum Gasteiger partial charge on any atom is -0.496 e. The highest BCUT2D eigenvalue weighted by Crippen LogP contribution is 2.37. The van der Waals surface area contributed by atoms with Crippen LogP contribution in [0.4, 0.5) is 0 Å². The molecule has 0 spiro atoms. The van der Waals surface area contributed by atoms with Crippen molar-refractivity contribution >= 4 is 22.4 Å². The van der Waals surface area contributed by atoms with E-state index in [0.717, 1.165) is 39.8 Å². The normalized spacial score (nSPS) is 11.8. The molecule has 0 unspecified atom stereocenters. The van der Waals surface area contributed by atoms with Crippen LogP contribution in [0.2, 0.25) is 0 Å². The molecule has 1 N–H and O–H groups in total. The van der Waals surface area contributed by atoms with Crippen molar-refractivity contribution in [3.05, 3.63) is 60.4 Å². The van der Waals surface area contributed by atoms with Crippen molar-refractivity contribution in [3.8, 4) is 16.9 Å². The summed E-state index contributed by atoms with van der Waals surface area (Å²) >= 11 is 0. The number of nitrogens with zero attached hydrogens (tertiary/aromatic N) is 1. The number of benzene rings is 2. The highest BCUT2D eigenvalue weighted by atomic mass is 16.5. The van der Waals surface area contributed by atoms with Crippen LogP contribution in [0.1, 0.15) is 12.5 Å². The van der Waals surface area contributed by atoms with Gasteiger partial charge in [0, 0.05) is 41.7 Å². The van der Waals surface area contributed by atoms with E-state index in [2.05, 4.69) is 17.4 Å². The number of ether oxygens (including phenoxy) is 1. The highest BCUT2D eigenvalue weighted by molar-refractivity contribution is 6.00. The Balaban J connectivity index is 1.95. The number of furan rings is 1. The summed E-state index contributed by atoms with van der Waals surface area (Å²) in [6.45, 7) is 3.31. The maximum atomic E-state index is 12.2. The molecule has 28 heavy (non-hydrogen) atoms. The lowest BCUT2D eigenvalue weighted by Crippen LogP contribution is -2.30. The van der Waals surface area contributed by atoms with E-state index in [1.165, 1.54) is 0 Å². The molecule has 3 rings (SSSR count). The average molecular weight is 378 g/mol. The van der Waals surface area contributed by atoms with E-state index in [1.807, 2.05) is 56.3 Å². The number of hydrogen-bond donors (Lipinski definition) is 1. The van der Waals surface area contributed by atoms with Gasteiger partial charge >= 0.3 is 0 Å². The number of methoxy groups -OCH3 is 1. The summed E-state index contributed by atoms with van der Waals surface area (Å²) < 4.78 is 11.3. The van der Waals surface area contributed by atoms with E-state index in [9.17, 15) is 4.79 Å². The van der Waals surface area contributed by atoms with Crippen molar-refractivity contribution in [2.45, 2.75) is 6.92 Å². The van der Waals surface area contributed by atoms with Gasteiger partial charge in [0.05, 0.1) is 13.4 Å². The first kappa shape index (κ1) is 19.7. The summed E-state index contributed by atoms with van der Waals surface area (Å²) in [5, 5.41) is 3.89. The second-order valence-electron chi connectivity index (χ2n) is 6.99. The lowest BCUT2D eigenvalue weighted by molar-refractivity contribution is -0.116. The Hall–Kier alpha value is -3.05. The molecule has 1 aromatic heterocycles. The first-order valence-corrected chi connectivity index (χ1v) is 9.25. The van der Waals surface area contributed by atoms with Crippen LogP contribution >= 0.6 is 0 Å². The highest BCUT2D eigenvalue weighted by Gasteiger charge is 2.14. The summed E-state index contributed by atoms with van der Waals surface area (Å²) in [6.07, 6.45) is 3.37. The number of likely N-dealkylation sites (N-methyl/N-ethyl adjacent to an activating group) is 1. The summed E-state index contributed by atoms with van der Waals surface area (Å²) in [6, 6.07) is 14.0. The van der Waals surface area contributed by atoms with Crippen molar-refractivity contribution in [1.82, 2.24) is 10.2 Å². The molecule has 146 valence electrons. The minimum absolute atomic E-state index is 0.114. The number of fused-ring (bicyclic) bond motifs is 1. The van der Waals surface area contributed by atoms with Gasteiger partial charge in [-0.3, -0.25) is 4.79 Å². The molecule has 3 aromatic rings. The van der Waals surface area contributed by atoms with Crippen molar-refractivity contribution in [3.63, 3.8) is 0 Å². The zero-order chi connectivity index (χ0) is 20.1. The van der Waals surface area contributed by atoms with Gasteiger partial charge in [-0.15, -0.1) is 0 Å². The van der Waals surface area contributed by atoms with Crippen molar-refractivity contribution < 1.29 is 13.9 Å². The maximum Gasteiger partial charge on any atom is 0.244 e. The van der Waals surface area contributed by atoms with Crippen LogP contribution in [-0.2, 0) is 4.79 Å². The second kappa shape index (κ2) is 8.76. The van der Waals surface area contributed by atoms with Gasteiger partial charge in [0.2, 0.25) is 5.91 Å². The molecule has 1 amide bonds. The molecule has 0 saturated heterocycles. The van der Waals surface area contributed by atoms with Crippen LogP contribution in [0.5, 0.6) is 5.75 Å². The molecule has 5 heteroatoms. The quantitative estimate of drug-likeness (QED) is 0.627. The van der Waals surface area contributed by atoms with Crippen molar-refractivity contribution in [2.75, 3.05) is 34.3 Å². The number of carbonyl (C=O) groups excluding carboxylic acids is 1. The molecule has 0 atom stereocenters. The smallest absolute Gasteiger partial charge is 0.244 e. The SMILES string of the molecule is COc1cc2occ(-c3ccccc3)c2cc1/C(C)=C/C(=O)NCCN(C)C. The zero-order valence-electron chi connectivity index (χ0n) is 16.8. The Kier molecular flexibility index (Phi) is 6.16. The molecule has 0 aliphatic heterocycles. The summed E-state index contributed by atoms with van der Waals surface area (Å²) in [5.74, 6) is 0.563. The summed E-state index contributed by atoms with van der Waals surface area (Å²) in [7, 11) is 5.57. The summed E-state index contributed by atoms with van der Waals surface area (Å²) in [4.78, 5) is 14.3. The van der Waals surface area contributed by atoms with Gasteiger partial charge in [-0.1, -0.05) is 30.3 Å². The van der Waals surface area contributed by atoms with Crippen LogP contribution in [0.3, 0.4) is 0 Å². The first-order valence-electron chi connectivity index (χ1n) is 9.25. The van der Waals surface area contributed by atoms with Gasteiger partial charge in [0.1, 0.15) is 11.3 Å². The second-order valence-corrected chi connectivity index (χ2v) is 6.99. The van der Waals surface area contributed by atoms with Crippen LogP contribution in [0, 0.1) is 0 Å². The molecule has 0 bridgehead atoms. The van der Waals surface area contributed by atoms with Gasteiger partial charge in [-0.05, 0) is 38.2 Å². The molecule has 0 aliphatic rings. The predicted octanol–water partition coefficient (Wildman–Crippen LogP) is 4.19. The lowest BCUT2D eigenvalue weighted by atomic mass is 9.99. The van der Waals surface area contributed by atoms with E-state index in [0.29, 0.717) is 12.3 Å². The third-order valence-corrected chi connectivity index (χ3v) is 4.61. The molecule has 0 radical (unpaired) electrons. The molecule has 0 fully saturated rings. The Morgan fingerprint density at radius 1 is 1.21 bits per heavy atom. The minimum atomic E-state index is -0.114. The Morgan fingerprint density at radius 2 is 1.96 bits per heavy atom. The number of hydrogen-bond acceptors (Lipinski definition) is 4. The maximum absolute atomic E-state index is 12.2. The number of allylic oxidation sites excluding steroid dienone is 1. The van der Waals surface area contributed by atoms with Crippen molar-refractivity contribution in [1.29, 1.82) is 0 Å². The molecule has 5 nitrogen and oxygen atoms in total. The molecular weight excluding hydrogens is 352 g/mol. The zero-order valence-corrected chi connectivity index (χ0v) is 16.8. The number of nitrogens with one attached hydrogen (secondary N) is 1. The van der Waals surface area contributed by atoms with Gasteiger partial charge in [-0.25, -0.2) is 0 Å². The Labute approximate surface area is 165 Å². The molecule has 2 aromatic carbocycles. The predicted molar refractivity (Wildman–Crippen MR) is 113 cm³/mol.